The van der Waals surface area contributed by atoms with Crippen LogP contribution in [0.15, 0.2) is 85.2 Å². The molecule has 0 spiro atoms. The number of aliphatic hydroxyl groups excluding tert-OH is 1. The monoisotopic (exact) mass is 457 g/mol. The summed E-state index contributed by atoms with van der Waals surface area (Å²) in [7, 11) is 0. The van der Waals surface area contributed by atoms with Crippen LogP contribution >= 0.6 is 0 Å². The SMILES string of the molecule is O=C(C[C@]1(c2ccccc2)CC(=O)N(Cc2ccncc2)C1=O)N(CCO)Cc1ccccc1. The predicted octanol–water partition coefficient (Wildman–Crippen LogP) is 2.69. The normalized spacial score (nSPS) is 17.7. The molecule has 1 aliphatic rings. The van der Waals surface area contributed by atoms with Gasteiger partial charge in [0.1, 0.15) is 0 Å². The third-order valence-corrected chi connectivity index (χ3v) is 6.22. The lowest BCUT2D eigenvalue weighted by atomic mass is 9.75. The average molecular weight is 458 g/mol. The fraction of sp³-hybridized carbons (Fsp3) is 0.259. The summed E-state index contributed by atoms with van der Waals surface area (Å²) < 4.78 is 0. The zero-order valence-corrected chi connectivity index (χ0v) is 18.8. The second-order valence-electron chi connectivity index (χ2n) is 8.47. The van der Waals surface area contributed by atoms with Gasteiger partial charge in [-0.1, -0.05) is 60.7 Å². The second-order valence-corrected chi connectivity index (χ2v) is 8.47. The van der Waals surface area contributed by atoms with E-state index in [2.05, 4.69) is 4.98 Å². The summed E-state index contributed by atoms with van der Waals surface area (Å²) in [6.45, 7) is 0.390. The van der Waals surface area contributed by atoms with Gasteiger partial charge >= 0.3 is 0 Å². The van der Waals surface area contributed by atoms with Crippen molar-refractivity contribution in [2.24, 2.45) is 0 Å². The molecule has 1 aromatic heterocycles. The van der Waals surface area contributed by atoms with Crippen LogP contribution < -0.4 is 0 Å². The van der Waals surface area contributed by atoms with Crippen molar-refractivity contribution >= 4 is 17.7 Å². The highest BCUT2D eigenvalue weighted by molar-refractivity contribution is 6.10. The van der Waals surface area contributed by atoms with Crippen LogP contribution in [0, 0.1) is 0 Å². The molecule has 7 heteroatoms. The molecule has 174 valence electrons. The summed E-state index contributed by atoms with van der Waals surface area (Å²) in [5.41, 5.74) is 1.07. The standard InChI is InChI=1S/C27H27N3O4/c31-16-15-29(19-21-7-3-1-4-8-21)24(32)17-27(23-9-5-2-6-10-23)18-25(33)30(26(27)34)20-22-11-13-28-14-12-22/h1-14,31H,15-20H2/t27-/m1/s1. The van der Waals surface area contributed by atoms with Gasteiger partial charge in [-0.05, 0) is 28.8 Å². The van der Waals surface area contributed by atoms with Crippen molar-refractivity contribution in [1.29, 1.82) is 0 Å². The lowest BCUT2D eigenvalue weighted by molar-refractivity contribution is -0.143. The lowest BCUT2D eigenvalue weighted by Crippen LogP contribution is -2.43. The Morgan fingerprint density at radius 3 is 2.24 bits per heavy atom. The number of hydrogen-bond acceptors (Lipinski definition) is 5. The molecule has 1 aliphatic heterocycles. The van der Waals surface area contributed by atoms with Gasteiger partial charge < -0.3 is 10.0 Å². The van der Waals surface area contributed by atoms with E-state index in [1.54, 1.807) is 53.7 Å². The Labute approximate surface area is 198 Å². The summed E-state index contributed by atoms with van der Waals surface area (Å²) in [4.78, 5) is 47.1. The largest absolute Gasteiger partial charge is 0.395 e. The molecular weight excluding hydrogens is 430 g/mol. The van der Waals surface area contributed by atoms with E-state index in [-0.39, 0.29) is 50.3 Å². The Morgan fingerprint density at radius 1 is 0.941 bits per heavy atom. The van der Waals surface area contributed by atoms with Crippen molar-refractivity contribution in [2.45, 2.75) is 31.3 Å². The number of imide groups is 1. The molecule has 3 aromatic rings. The van der Waals surface area contributed by atoms with E-state index in [0.717, 1.165) is 11.1 Å². The highest BCUT2D eigenvalue weighted by atomic mass is 16.3. The number of carbonyl (C=O) groups excluding carboxylic acids is 3. The minimum atomic E-state index is -1.28. The first kappa shape index (κ1) is 23.3. The second kappa shape index (κ2) is 10.4. The maximum atomic E-state index is 13.8. The van der Waals surface area contributed by atoms with Crippen LogP contribution in [0.2, 0.25) is 0 Å². The van der Waals surface area contributed by atoms with Crippen molar-refractivity contribution in [2.75, 3.05) is 13.2 Å². The van der Waals surface area contributed by atoms with Crippen LogP contribution in [0.25, 0.3) is 0 Å². The van der Waals surface area contributed by atoms with E-state index in [1.807, 2.05) is 36.4 Å². The van der Waals surface area contributed by atoms with Gasteiger partial charge in [0.2, 0.25) is 17.7 Å². The van der Waals surface area contributed by atoms with Gasteiger partial charge in [-0.2, -0.15) is 0 Å². The van der Waals surface area contributed by atoms with E-state index < -0.39 is 5.41 Å². The summed E-state index contributed by atoms with van der Waals surface area (Å²) in [5.74, 6) is -0.971. The van der Waals surface area contributed by atoms with E-state index >= 15 is 0 Å². The van der Waals surface area contributed by atoms with E-state index in [4.69, 9.17) is 0 Å². The minimum absolute atomic E-state index is 0.0784. The zero-order chi connectivity index (χ0) is 24.0. The fourth-order valence-corrected chi connectivity index (χ4v) is 4.44. The van der Waals surface area contributed by atoms with Gasteiger partial charge in [-0.3, -0.25) is 24.3 Å². The number of benzene rings is 2. The Balaban J connectivity index is 1.64. The summed E-state index contributed by atoms with van der Waals surface area (Å²) in [6.07, 6.45) is 3.00. The van der Waals surface area contributed by atoms with E-state index in [9.17, 15) is 19.5 Å². The number of amides is 3. The third-order valence-electron chi connectivity index (χ3n) is 6.22. The number of aromatic nitrogens is 1. The predicted molar refractivity (Wildman–Crippen MR) is 126 cm³/mol. The first-order chi connectivity index (χ1) is 16.5. The van der Waals surface area contributed by atoms with Crippen molar-refractivity contribution in [3.05, 3.63) is 102 Å². The zero-order valence-electron chi connectivity index (χ0n) is 18.8. The Bertz CT molecular complexity index is 1140. The molecule has 0 unspecified atom stereocenters. The number of nitrogens with zero attached hydrogens (tertiary/aromatic N) is 3. The highest BCUT2D eigenvalue weighted by Gasteiger charge is 2.54. The molecule has 1 atom stereocenters. The maximum absolute atomic E-state index is 13.8. The van der Waals surface area contributed by atoms with Crippen LogP contribution in [-0.4, -0.2) is 50.8 Å². The molecule has 1 saturated heterocycles. The van der Waals surface area contributed by atoms with Gasteiger partial charge in [-0.25, -0.2) is 0 Å². The van der Waals surface area contributed by atoms with Gasteiger partial charge in [0.25, 0.3) is 0 Å². The molecular formula is C27H27N3O4. The van der Waals surface area contributed by atoms with Gasteiger partial charge in [0.15, 0.2) is 0 Å². The third kappa shape index (κ3) is 4.89. The number of carbonyl (C=O) groups is 3. The number of rotatable bonds is 9. The molecule has 0 saturated carbocycles. The van der Waals surface area contributed by atoms with Crippen molar-refractivity contribution in [3.8, 4) is 0 Å². The molecule has 0 bridgehead atoms. The molecule has 4 rings (SSSR count). The Morgan fingerprint density at radius 2 is 1.59 bits per heavy atom. The van der Waals surface area contributed by atoms with Gasteiger partial charge in [0, 0.05) is 38.3 Å². The lowest BCUT2D eigenvalue weighted by Gasteiger charge is -2.30. The molecule has 7 nitrogen and oxygen atoms in total. The van der Waals surface area contributed by atoms with Crippen molar-refractivity contribution in [1.82, 2.24) is 14.8 Å². The Kier molecular flexibility index (Phi) is 7.13. The molecule has 34 heavy (non-hydrogen) atoms. The Hall–Kier alpha value is -3.84. The smallest absolute Gasteiger partial charge is 0.241 e. The number of likely N-dealkylation sites (tertiary alicyclic amines) is 1. The number of aliphatic hydroxyl groups is 1. The summed E-state index contributed by atoms with van der Waals surface area (Å²) >= 11 is 0. The fourth-order valence-electron chi connectivity index (χ4n) is 4.44. The average Bonchev–Trinajstić information content (AvgIpc) is 3.10. The number of pyridine rings is 1. The van der Waals surface area contributed by atoms with Gasteiger partial charge in [-0.15, -0.1) is 0 Å². The van der Waals surface area contributed by atoms with Crippen molar-refractivity contribution in [3.63, 3.8) is 0 Å². The first-order valence-electron chi connectivity index (χ1n) is 11.3. The van der Waals surface area contributed by atoms with E-state index in [0.29, 0.717) is 12.1 Å². The van der Waals surface area contributed by atoms with Crippen LogP contribution in [0.1, 0.15) is 29.5 Å². The minimum Gasteiger partial charge on any atom is -0.395 e. The van der Waals surface area contributed by atoms with Crippen LogP contribution in [-0.2, 0) is 32.9 Å². The van der Waals surface area contributed by atoms with Gasteiger partial charge in [0.05, 0.1) is 18.6 Å². The van der Waals surface area contributed by atoms with Crippen molar-refractivity contribution < 1.29 is 19.5 Å². The summed E-state index contributed by atoms with van der Waals surface area (Å²) in [6, 6.07) is 22.0. The van der Waals surface area contributed by atoms with Crippen LogP contribution in [0.4, 0.5) is 0 Å². The molecule has 1 N–H and O–H groups in total. The molecule has 1 fully saturated rings. The maximum Gasteiger partial charge on any atom is 0.241 e. The first-order valence-corrected chi connectivity index (χ1v) is 11.3. The topological polar surface area (TPSA) is 90.8 Å². The van der Waals surface area contributed by atoms with E-state index in [1.165, 1.54) is 4.90 Å². The molecule has 2 heterocycles. The van der Waals surface area contributed by atoms with Crippen LogP contribution in [0.3, 0.4) is 0 Å². The molecule has 0 radical (unpaired) electrons. The summed E-state index contributed by atoms with van der Waals surface area (Å²) in [5, 5.41) is 9.58. The highest BCUT2D eigenvalue weighted by Crippen LogP contribution is 2.41. The molecule has 0 aliphatic carbocycles. The molecule has 3 amide bonds. The number of hydrogen-bond donors (Lipinski definition) is 1. The van der Waals surface area contributed by atoms with Crippen LogP contribution in [0.5, 0.6) is 0 Å². The molecule has 2 aromatic carbocycles. The quantitative estimate of drug-likeness (QED) is 0.499.